The van der Waals surface area contributed by atoms with Gasteiger partial charge in [0.2, 0.25) is 5.91 Å². The summed E-state index contributed by atoms with van der Waals surface area (Å²) >= 11 is 0. The fourth-order valence-electron chi connectivity index (χ4n) is 3.40. The van der Waals surface area contributed by atoms with Crippen molar-refractivity contribution in [2.24, 2.45) is 11.8 Å². The molecule has 0 aromatic heterocycles. The molecule has 5 nitrogen and oxygen atoms in total. The number of cyclic esters (lactones) is 1. The molecular weight excluding hydrogens is 294 g/mol. The molecule has 2 aliphatic rings. The summed E-state index contributed by atoms with van der Waals surface area (Å²) in [6, 6.07) is 9.68. The minimum atomic E-state index is -0.505. The van der Waals surface area contributed by atoms with Gasteiger partial charge in [-0.3, -0.25) is 4.79 Å². The van der Waals surface area contributed by atoms with Crippen molar-refractivity contribution in [1.82, 2.24) is 4.90 Å². The number of hydrogen-bond donors (Lipinski definition) is 0. The average Bonchev–Trinajstić information content (AvgIpc) is 2.95. The fourth-order valence-corrected chi connectivity index (χ4v) is 3.40. The summed E-state index contributed by atoms with van der Waals surface area (Å²) in [7, 11) is 0. The van der Waals surface area contributed by atoms with E-state index < -0.39 is 6.09 Å². The van der Waals surface area contributed by atoms with Crippen LogP contribution in [0.4, 0.5) is 4.79 Å². The van der Waals surface area contributed by atoms with E-state index in [0.29, 0.717) is 19.6 Å². The molecule has 2 amide bonds. The molecule has 2 saturated heterocycles. The van der Waals surface area contributed by atoms with E-state index in [4.69, 9.17) is 9.47 Å². The van der Waals surface area contributed by atoms with Crippen molar-refractivity contribution in [3.8, 4) is 0 Å². The maximum absolute atomic E-state index is 12.8. The van der Waals surface area contributed by atoms with Crippen molar-refractivity contribution in [1.29, 1.82) is 0 Å². The lowest BCUT2D eigenvalue weighted by molar-refractivity contribution is -0.135. The number of rotatable bonds is 4. The van der Waals surface area contributed by atoms with Gasteiger partial charge in [0, 0.05) is 19.1 Å². The van der Waals surface area contributed by atoms with E-state index in [0.717, 1.165) is 18.4 Å². The first-order valence-electron chi connectivity index (χ1n) is 8.28. The van der Waals surface area contributed by atoms with Crippen molar-refractivity contribution in [2.45, 2.75) is 32.2 Å². The average molecular weight is 317 g/mol. The quantitative estimate of drug-likeness (QED) is 0.856. The number of benzene rings is 1. The van der Waals surface area contributed by atoms with Gasteiger partial charge in [0.05, 0.1) is 6.04 Å². The maximum Gasteiger partial charge on any atom is 0.416 e. The van der Waals surface area contributed by atoms with Crippen molar-refractivity contribution in [2.75, 3.05) is 19.8 Å². The summed E-state index contributed by atoms with van der Waals surface area (Å²) in [5.74, 6) is -0.00909. The molecule has 2 heterocycles. The molecule has 0 N–H and O–H groups in total. The Morgan fingerprint density at radius 1 is 1.26 bits per heavy atom. The normalized spacial score (nSPS) is 23.6. The number of carbonyl (C=O) groups excluding carboxylic acids is 2. The van der Waals surface area contributed by atoms with Crippen LogP contribution in [0.5, 0.6) is 0 Å². The summed E-state index contributed by atoms with van der Waals surface area (Å²) in [4.78, 5) is 26.2. The maximum atomic E-state index is 12.8. The third kappa shape index (κ3) is 3.55. The van der Waals surface area contributed by atoms with Crippen LogP contribution < -0.4 is 0 Å². The lowest BCUT2D eigenvalue weighted by Gasteiger charge is -2.30. The summed E-state index contributed by atoms with van der Waals surface area (Å²) in [5.41, 5.74) is 1.10. The van der Waals surface area contributed by atoms with E-state index in [1.165, 1.54) is 4.90 Å². The van der Waals surface area contributed by atoms with Gasteiger partial charge in [0.25, 0.3) is 0 Å². The van der Waals surface area contributed by atoms with Crippen LogP contribution >= 0.6 is 0 Å². The van der Waals surface area contributed by atoms with Gasteiger partial charge < -0.3 is 9.47 Å². The highest BCUT2D eigenvalue weighted by atomic mass is 16.6. The molecule has 3 rings (SSSR count). The third-order valence-electron chi connectivity index (χ3n) is 4.88. The summed E-state index contributed by atoms with van der Waals surface area (Å²) in [5, 5.41) is 0. The molecule has 2 atom stereocenters. The minimum absolute atomic E-state index is 0.111. The minimum Gasteiger partial charge on any atom is -0.447 e. The van der Waals surface area contributed by atoms with E-state index in [1.54, 1.807) is 0 Å². The van der Waals surface area contributed by atoms with Gasteiger partial charge >= 0.3 is 6.09 Å². The van der Waals surface area contributed by atoms with Crippen molar-refractivity contribution < 1.29 is 19.1 Å². The van der Waals surface area contributed by atoms with E-state index in [9.17, 15) is 9.59 Å². The molecule has 1 aromatic carbocycles. The van der Waals surface area contributed by atoms with Crippen LogP contribution in [0, 0.1) is 11.8 Å². The molecule has 124 valence electrons. The first kappa shape index (κ1) is 16.0. The molecule has 1 unspecified atom stereocenters. The van der Waals surface area contributed by atoms with Crippen LogP contribution in [-0.4, -0.2) is 42.8 Å². The van der Waals surface area contributed by atoms with Gasteiger partial charge in [-0.15, -0.1) is 0 Å². The fraction of sp³-hybridized carbons (Fsp3) is 0.556. The Morgan fingerprint density at radius 3 is 2.65 bits per heavy atom. The Kier molecular flexibility index (Phi) is 4.96. The Morgan fingerprint density at radius 2 is 1.96 bits per heavy atom. The van der Waals surface area contributed by atoms with Gasteiger partial charge in [-0.1, -0.05) is 37.3 Å². The molecule has 2 aliphatic heterocycles. The number of imide groups is 1. The predicted molar refractivity (Wildman–Crippen MR) is 84.8 cm³/mol. The molecule has 0 spiro atoms. The zero-order valence-electron chi connectivity index (χ0n) is 13.4. The van der Waals surface area contributed by atoms with Crippen molar-refractivity contribution >= 4 is 12.0 Å². The van der Waals surface area contributed by atoms with Crippen LogP contribution in [0.1, 0.15) is 25.3 Å². The highest BCUT2D eigenvalue weighted by Gasteiger charge is 2.41. The predicted octanol–water partition coefficient (Wildman–Crippen LogP) is 2.64. The highest BCUT2D eigenvalue weighted by molar-refractivity contribution is 5.94. The highest BCUT2D eigenvalue weighted by Crippen LogP contribution is 2.28. The lowest BCUT2D eigenvalue weighted by Crippen LogP contribution is -2.45. The van der Waals surface area contributed by atoms with Gasteiger partial charge in [0.1, 0.15) is 6.61 Å². The van der Waals surface area contributed by atoms with Crippen LogP contribution in [0.25, 0.3) is 0 Å². The topological polar surface area (TPSA) is 55.8 Å². The van der Waals surface area contributed by atoms with E-state index in [2.05, 4.69) is 0 Å². The van der Waals surface area contributed by atoms with Crippen LogP contribution in [-0.2, 0) is 20.7 Å². The van der Waals surface area contributed by atoms with E-state index >= 15 is 0 Å². The second-order valence-corrected chi connectivity index (χ2v) is 6.37. The van der Waals surface area contributed by atoms with Gasteiger partial charge in [-0.2, -0.15) is 0 Å². The molecule has 23 heavy (non-hydrogen) atoms. The van der Waals surface area contributed by atoms with Crippen molar-refractivity contribution in [3.05, 3.63) is 35.9 Å². The Labute approximate surface area is 136 Å². The molecule has 0 bridgehead atoms. The zero-order valence-corrected chi connectivity index (χ0v) is 13.4. The number of carbonyl (C=O) groups is 2. The largest absolute Gasteiger partial charge is 0.447 e. The third-order valence-corrected chi connectivity index (χ3v) is 4.88. The molecule has 0 saturated carbocycles. The van der Waals surface area contributed by atoms with E-state index in [1.807, 2.05) is 37.3 Å². The SMILES string of the molecule is CC(C(=O)N1C(=O)OC[C@H]1Cc1ccccc1)C1CCOCC1. The molecule has 0 radical (unpaired) electrons. The molecule has 0 aliphatic carbocycles. The smallest absolute Gasteiger partial charge is 0.416 e. The first-order chi connectivity index (χ1) is 11.2. The summed E-state index contributed by atoms with van der Waals surface area (Å²) in [6.07, 6.45) is 1.88. The Hall–Kier alpha value is -1.88. The lowest BCUT2D eigenvalue weighted by atomic mass is 9.86. The van der Waals surface area contributed by atoms with Crippen LogP contribution in [0.15, 0.2) is 30.3 Å². The van der Waals surface area contributed by atoms with Gasteiger partial charge in [0.15, 0.2) is 0 Å². The van der Waals surface area contributed by atoms with E-state index in [-0.39, 0.29) is 30.4 Å². The molecule has 1 aromatic rings. The second kappa shape index (κ2) is 7.13. The van der Waals surface area contributed by atoms with Crippen LogP contribution in [0.3, 0.4) is 0 Å². The number of hydrogen-bond acceptors (Lipinski definition) is 4. The number of amides is 2. The molecule has 2 fully saturated rings. The summed E-state index contributed by atoms with van der Waals surface area (Å²) in [6.45, 7) is 3.59. The van der Waals surface area contributed by atoms with Gasteiger partial charge in [-0.25, -0.2) is 9.69 Å². The first-order valence-corrected chi connectivity index (χ1v) is 8.28. The van der Waals surface area contributed by atoms with Crippen molar-refractivity contribution in [3.63, 3.8) is 0 Å². The van der Waals surface area contributed by atoms with Gasteiger partial charge in [-0.05, 0) is 30.7 Å². The summed E-state index contributed by atoms with van der Waals surface area (Å²) < 4.78 is 10.5. The monoisotopic (exact) mass is 317 g/mol. The number of ether oxygens (including phenoxy) is 2. The Bertz CT molecular complexity index is 553. The zero-order chi connectivity index (χ0) is 16.2. The number of nitrogens with zero attached hydrogens (tertiary/aromatic N) is 1. The second-order valence-electron chi connectivity index (χ2n) is 6.37. The van der Waals surface area contributed by atoms with Crippen LogP contribution in [0.2, 0.25) is 0 Å². The molecular formula is C18H23NO4. The molecule has 5 heteroatoms. The standard InChI is InChI=1S/C18H23NO4/c1-13(15-7-9-22-10-8-15)17(20)19-16(12-23-18(19)21)11-14-5-3-2-4-6-14/h2-6,13,15-16H,7-12H2,1H3/t13?,16-/m1/s1. The Balaban J connectivity index is 1.70.